The van der Waals surface area contributed by atoms with Crippen LogP contribution in [0.25, 0.3) is 0 Å². The summed E-state index contributed by atoms with van der Waals surface area (Å²) in [4.78, 5) is 11.8. The van der Waals surface area contributed by atoms with Crippen LogP contribution in [0.2, 0.25) is 5.02 Å². The van der Waals surface area contributed by atoms with Gasteiger partial charge < -0.3 is 5.32 Å². The molecule has 0 aliphatic carbocycles. The van der Waals surface area contributed by atoms with E-state index in [-0.39, 0.29) is 12.5 Å². The largest absolute Gasteiger partial charge is 0.416 e. The highest BCUT2D eigenvalue weighted by Gasteiger charge is 2.29. The second-order valence-electron chi connectivity index (χ2n) is 4.54. The number of hydrogen-bond acceptors (Lipinski definition) is 1. The number of benzene rings is 2. The van der Waals surface area contributed by atoms with Crippen LogP contribution in [-0.4, -0.2) is 12.5 Å². The van der Waals surface area contributed by atoms with Gasteiger partial charge in [-0.2, -0.15) is 13.2 Å². The second kappa shape index (κ2) is 7.21. The third kappa shape index (κ3) is 4.76. The van der Waals surface area contributed by atoms with E-state index in [9.17, 15) is 18.0 Å². The quantitative estimate of drug-likeness (QED) is 0.820. The molecule has 0 saturated carbocycles. The average molecular weight is 338 g/mol. The van der Waals surface area contributed by atoms with Crippen LogP contribution in [0.5, 0.6) is 0 Å². The minimum Gasteiger partial charge on any atom is -0.341 e. The van der Waals surface area contributed by atoms with Crippen molar-refractivity contribution in [2.75, 3.05) is 6.54 Å². The normalized spacial score (nSPS) is 10.6. The van der Waals surface area contributed by atoms with Crippen molar-refractivity contribution in [3.8, 4) is 11.8 Å². The molecule has 23 heavy (non-hydrogen) atoms. The van der Waals surface area contributed by atoms with Crippen LogP contribution in [0.1, 0.15) is 21.5 Å². The summed E-state index contributed by atoms with van der Waals surface area (Å²) >= 11 is 5.89. The lowest BCUT2D eigenvalue weighted by atomic mass is 10.1. The van der Waals surface area contributed by atoms with Crippen LogP contribution in [0, 0.1) is 11.8 Å². The van der Waals surface area contributed by atoms with Gasteiger partial charge in [0.25, 0.3) is 5.91 Å². The number of hydrogen-bond donors (Lipinski definition) is 1. The van der Waals surface area contributed by atoms with Crippen LogP contribution in [0.15, 0.2) is 48.5 Å². The molecule has 0 fully saturated rings. The number of alkyl halides is 3. The summed E-state index contributed by atoms with van der Waals surface area (Å²) in [5.74, 6) is 4.99. The number of rotatable bonds is 2. The summed E-state index contributed by atoms with van der Waals surface area (Å²) < 4.78 is 37.2. The van der Waals surface area contributed by atoms with E-state index in [0.717, 1.165) is 12.1 Å². The molecule has 0 aliphatic heterocycles. The zero-order valence-corrected chi connectivity index (χ0v) is 12.5. The second-order valence-corrected chi connectivity index (χ2v) is 4.95. The van der Waals surface area contributed by atoms with Gasteiger partial charge >= 0.3 is 6.18 Å². The van der Waals surface area contributed by atoms with Gasteiger partial charge in [0.1, 0.15) is 0 Å². The van der Waals surface area contributed by atoms with Crippen LogP contribution in [0.4, 0.5) is 13.2 Å². The van der Waals surface area contributed by atoms with Crippen LogP contribution in [0.3, 0.4) is 0 Å². The molecule has 2 aromatic carbocycles. The zero-order chi connectivity index (χ0) is 16.9. The number of halogens is 4. The first kappa shape index (κ1) is 16.9. The van der Waals surface area contributed by atoms with Crippen LogP contribution in [-0.2, 0) is 6.18 Å². The van der Waals surface area contributed by atoms with E-state index in [1.54, 1.807) is 24.3 Å². The minimum atomic E-state index is -4.37. The highest BCUT2D eigenvalue weighted by Crippen LogP contribution is 2.28. The van der Waals surface area contributed by atoms with E-state index in [1.807, 2.05) is 0 Å². The van der Waals surface area contributed by atoms with Gasteiger partial charge in [-0.05, 0) is 36.4 Å². The molecule has 1 amide bonds. The molecule has 0 bridgehead atoms. The maximum absolute atomic E-state index is 12.4. The van der Waals surface area contributed by atoms with Crippen molar-refractivity contribution in [2.24, 2.45) is 0 Å². The van der Waals surface area contributed by atoms with Gasteiger partial charge in [0, 0.05) is 5.56 Å². The Balaban J connectivity index is 1.94. The zero-order valence-electron chi connectivity index (χ0n) is 11.7. The van der Waals surface area contributed by atoms with Crippen molar-refractivity contribution in [3.63, 3.8) is 0 Å². The molecule has 118 valence electrons. The minimum absolute atomic E-state index is 0.0606. The van der Waals surface area contributed by atoms with Gasteiger partial charge in [-0.25, -0.2) is 0 Å². The number of carbonyl (C=O) groups excluding carboxylic acids is 1. The summed E-state index contributed by atoms with van der Waals surface area (Å²) in [7, 11) is 0. The number of amides is 1. The fourth-order valence-corrected chi connectivity index (χ4v) is 1.98. The average Bonchev–Trinajstić information content (AvgIpc) is 2.51. The van der Waals surface area contributed by atoms with Crippen molar-refractivity contribution in [1.29, 1.82) is 0 Å². The van der Waals surface area contributed by atoms with E-state index < -0.39 is 11.7 Å². The number of nitrogens with one attached hydrogen (secondary N) is 1. The van der Waals surface area contributed by atoms with Crippen molar-refractivity contribution in [3.05, 3.63) is 70.2 Å². The van der Waals surface area contributed by atoms with Crippen molar-refractivity contribution in [1.82, 2.24) is 5.32 Å². The Labute approximate surface area is 136 Å². The topological polar surface area (TPSA) is 29.1 Å². The molecule has 0 aliphatic rings. The molecule has 2 nitrogen and oxygen atoms in total. The highest BCUT2D eigenvalue weighted by atomic mass is 35.5. The van der Waals surface area contributed by atoms with Gasteiger partial charge in [-0.15, -0.1) is 0 Å². The highest BCUT2D eigenvalue weighted by molar-refractivity contribution is 6.33. The first-order chi connectivity index (χ1) is 10.9. The molecule has 0 radical (unpaired) electrons. The van der Waals surface area contributed by atoms with E-state index in [0.29, 0.717) is 16.1 Å². The molecule has 2 rings (SSSR count). The molecule has 0 spiro atoms. The summed E-state index contributed by atoms with van der Waals surface area (Å²) in [5.41, 5.74) is 0.0468. The van der Waals surface area contributed by atoms with Gasteiger partial charge in [0.15, 0.2) is 0 Å². The Hall–Kier alpha value is -2.45. The number of carbonyl (C=O) groups is 1. The van der Waals surface area contributed by atoms with E-state index in [4.69, 9.17) is 11.6 Å². The lowest BCUT2D eigenvalue weighted by molar-refractivity contribution is -0.137. The Kier molecular flexibility index (Phi) is 5.30. The van der Waals surface area contributed by atoms with E-state index >= 15 is 0 Å². The summed E-state index contributed by atoms with van der Waals surface area (Å²) in [6, 6.07) is 11.1. The first-order valence-electron chi connectivity index (χ1n) is 6.57. The van der Waals surface area contributed by atoms with Gasteiger partial charge in [0.05, 0.1) is 22.7 Å². The molecule has 0 atom stereocenters. The monoisotopic (exact) mass is 337 g/mol. The lowest BCUT2D eigenvalue weighted by Crippen LogP contribution is -2.23. The lowest BCUT2D eigenvalue weighted by Gasteiger charge is -2.05. The Bertz CT molecular complexity index is 758. The van der Waals surface area contributed by atoms with Crippen LogP contribution < -0.4 is 5.32 Å². The summed E-state index contributed by atoms with van der Waals surface area (Å²) in [6.45, 7) is 0.0606. The standard InChI is InChI=1S/C17H11ClF3NO/c18-15-6-2-1-5-14(15)16(23)22-11-3-4-12-7-9-13(10-8-12)17(19,20)21/h1-2,5-10H,11H2,(H,22,23). The fourth-order valence-electron chi connectivity index (χ4n) is 1.75. The first-order valence-corrected chi connectivity index (χ1v) is 6.94. The predicted octanol–water partition coefficient (Wildman–Crippen LogP) is 4.14. The Morgan fingerprint density at radius 1 is 1.09 bits per heavy atom. The van der Waals surface area contributed by atoms with Gasteiger partial charge in [0.2, 0.25) is 0 Å². The third-order valence-electron chi connectivity index (χ3n) is 2.90. The maximum atomic E-state index is 12.4. The van der Waals surface area contributed by atoms with Crippen molar-refractivity contribution in [2.45, 2.75) is 6.18 Å². The predicted molar refractivity (Wildman–Crippen MR) is 82.1 cm³/mol. The van der Waals surface area contributed by atoms with E-state index in [2.05, 4.69) is 17.2 Å². The molecule has 6 heteroatoms. The summed E-state index contributed by atoms with van der Waals surface area (Å²) in [5, 5.41) is 2.90. The van der Waals surface area contributed by atoms with E-state index in [1.165, 1.54) is 12.1 Å². The molecule has 1 N–H and O–H groups in total. The third-order valence-corrected chi connectivity index (χ3v) is 3.23. The molecule has 0 heterocycles. The molecular formula is C17H11ClF3NO. The molecular weight excluding hydrogens is 327 g/mol. The molecule has 0 aromatic heterocycles. The van der Waals surface area contributed by atoms with Crippen molar-refractivity contribution < 1.29 is 18.0 Å². The maximum Gasteiger partial charge on any atom is 0.416 e. The Morgan fingerprint density at radius 2 is 1.74 bits per heavy atom. The van der Waals surface area contributed by atoms with Gasteiger partial charge in [-0.3, -0.25) is 4.79 Å². The molecule has 2 aromatic rings. The summed E-state index contributed by atoms with van der Waals surface area (Å²) in [6.07, 6.45) is -4.37. The SMILES string of the molecule is O=C(NCC#Cc1ccc(C(F)(F)F)cc1)c1ccccc1Cl. The van der Waals surface area contributed by atoms with Crippen LogP contribution >= 0.6 is 11.6 Å². The van der Waals surface area contributed by atoms with Crippen molar-refractivity contribution >= 4 is 17.5 Å². The molecule has 0 unspecified atom stereocenters. The molecule has 0 saturated heterocycles. The Morgan fingerprint density at radius 3 is 2.35 bits per heavy atom. The fraction of sp³-hybridized carbons (Fsp3) is 0.118. The smallest absolute Gasteiger partial charge is 0.341 e. The van der Waals surface area contributed by atoms with Gasteiger partial charge in [-0.1, -0.05) is 35.6 Å².